The van der Waals surface area contributed by atoms with E-state index in [-0.39, 0.29) is 21.8 Å². The fourth-order valence-electron chi connectivity index (χ4n) is 3.16. The monoisotopic (exact) mass is 403 g/mol. The highest BCUT2D eigenvalue weighted by atomic mass is 32.2. The van der Waals surface area contributed by atoms with Gasteiger partial charge in [-0.05, 0) is 43.5 Å². The van der Waals surface area contributed by atoms with Crippen molar-refractivity contribution in [3.05, 3.63) is 63.7 Å². The van der Waals surface area contributed by atoms with Crippen LogP contribution in [0, 0.1) is 17.0 Å². The van der Waals surface area contributed by atoms with Gasteiger partial charge in [0.1, 0.15) is 0 Å². The van der Waals surface area contributed by atoms with Crippen molar-refractivity contribution < 1.29 is 18.1 Å². The molecule has 0 atom stereocenters. The molecule has 148 valence electrons. The zero-order valence-corrected chi connectivity index (χ0v) is 16.2. The zero-order valence-electron chi connectivity index (χ0n) is 15.4. The lowest BCUT2D eigenvalue weighted by Gasteiger charge is -2.26. The molecule has 1 aliphatic heterocycles. The van der Waals surface area contributed by atoms with Gasteiger partial charge in [-0.2, -0.15) is 4.31 Å². The van der Waals surface area contributed by atoms with Crippen molar-refractivity contribution in [2.45, 2.75) is 31.1 Å². The van der Waals surface area contributed by atoms with Gasteiger partial charge in [0.15, 0.2) is 0 Å². The topological polar surface area (TPSA) is 110 Å². The van der Waals surface area contributed by atoms with Crippen molar-refractivity contribution in [3.63, 3.8) is 0 Å². The number of hydrogen-bond donors (Lipinski definition) is 1. The Kier molecular flexibility index (Phi) is 5.76. The minimum absolute atomic E-state index is 0.0733. The molecule has 9 heteroatoms. The Hall–Kier alpha value is -2.78. The quantitative estimate of drug-likeness (QED) is 0.608. The van der Waals surface area contributed by atoms with Crippen LogP contribution in [0.4, 0.5) is 11.4 Å². The number of hydrogen-bond acceptors (Lipinski definition) is 5. The summed E-state index contributed by atoms with van der Waals surface area (Å²) in [5, 5.41) is 13.5. The smallest absolute Gasteiger partial charge is 0.271 e. The summed E-state index contributed by atoms with van der Waals surface area (Å²) in [4.78, 5) is 23.1. The average Bonchev–Trinajstić information content (AvgIpc) is 2.69. The normalized spacial score (nSPS) is 15.2. The summed E-state index contributed by atoms with van der Waals surface area (Å²) >= 11 is 0. The predicted molar refractivity (Wildman–Crippen MR) is 105 cm³/mol. The molecule has 3 rings (SSSR count). The number of rotatable bonds is 5. The summed E-state index contributed by atoms with van der Waals surface area (Å²) in [6.45, 7) is 2.66. The van der Waals surface area contributed by atoms with Crippen molar-refractivity contribution in [2.75, 3.05) is 18.4 Å². The van der Waals surface area contributed by atoms with Gasteiger partial charge in [-0.3, -0.25) is 14.9 Å². The zero-order chi connectivity index (χ0) is 20.3. The fourth-order valence-corrected chi connectivity index (χ4v) is 4.70. The van der Waals surface area contributed by atoms with E-state index < -0.39 is 20.9 Å². The van der Waals surface area contributed by atoms with Crippen LogP contribution in [0.25, 0.3) is 0 Å². The maximum atomic E-state index is 12.9. The second-order valence-electron chi connectivity index (χ2n) is 6.70. The molecule has 0 bridgehead atoms. The van der Waals surface area contributed by atoms with Crippen LogP contribution in [0.1, 0.15) is 35.2 Å². The standard InChI is InChI=1S/C19H21N3O5S/c1-14-8-9-17(28(26,27)21-10-3-2-4-11-21)13-18(14)19(23)20-15-6-5-7-16(12-15)22(24)25/h5-9,12-13H,2-4,10-11H2,1H3,(H,20,23). The summed E-state index contributed by atoms with van der Waals surface area (Å²) in [7, 11) is -3.66. The first kappa shape index (κ1) is 20.0. The number of benzene rings is 2. The Bertz CT molecular complexity index is 1010. The number of nitro benzene ring substituents is 1. The predicted octanol–water partition coefficient (Wildman–Crippen LogP) is 3.33. The van der Waals surface area contributed by atoms with Crippen LogP contribution in [0.15, 0.2) is 47.4 Å². The van der Waals surface area contributed by atoms with Crippen molar-refractivity contribution in [1.82, 2.24) is 4.31 Å². The van der Waals surface area contributed by atoms with Gasteiger partial charge in [0.25, 0.3) is 11.6 Å². The third-order valence-corrected chi connectivity index (χ3v) is 6.62. The molecule has 0 aromatic heterocycles. The number of carbonyl (C=O) groups excluding carboxylic acids is 1. The van der Waals surface area contributed by atoms with Gasteiger partial charge < -0.3 is 5.32 Å². The Morgan fingerprint density at radius 1 is 1.11 bits per heavy atom. The molecular weight excluding hydrogens is 382 g/mol. The molecule has 1 amide bonds. The molecule has 8 nitrogen and oxygen atoms in total. The molecule has 2 aromatic rings. The van der Waals surface area contributed by atoms with Gasteiger partial charge >= 0.3 is 0 Å². The van der Waals surface area contributed by atoms with Gasteiger partial charge in [-0.25, -0.2) is 8.42 Å². The second kappa shape index (κ2) is 8.07. The Morgan fingerprint density at radius 3 is 2.50 bits per heavy atom. The molecule has 0 saturated carbocycles. The van der Waals surface area contributed by atoms with Crippen LogP contribution in [0.3, 0.4) is 0 Å². The van der Waals surface area contributed by atoms with Crippen molar-refractivity contribution >= 4 is 27.3 Å². The minimum atomic E-state index is -3.66. The van der Waals surface area contributed by atoms with Gasteiger partial charge in [0.05, 0.1) is 9.82 Å². The largest absolute Gasteiger partial charge is 0.322 e. The number of carbonyl (C=O) groups is 1. The maximum absolute atomic E-state index is 12.9. The van der Waals surface area contributed by atoms with Crippen molar-refractivity contribution in [3.8, 4) is 0 Å². The molecule has 0 aliphatic carbocycles. The summed E-state index contributed by atoms with van der Waals surface area (Å²) in [5.74, 6) is -0.520. The third-order valence-electron chi connectivity index (χ3n) is 4.72. The summed E-state index contributed by atoms with van der Waals surface area (Å²) in [6.07, 6.45) is 2.66. The maximum Gasteiger partial charge on any atom is 0.271 e. The Balaban J connectivity index is 1.88. The number of non-ortho nitro benzene ring substituents is 1. The number of piperidine rings is 1. The lowest BCUT2D eigenvalue weighted by atomic mass is 10.1. The lowest BCUT2D eigenvalue weighted by Crippen LogP contribution is -2.35. The van der Waals surface area contributed by atoms with Crippen LogP contribution in [0.5, 0.6) is 0 Å². The number of amides is 1. The van der Waals surface area contributed by atoms with Crippen LogP contribution in [-0.2, 0) is 10.0 Å². The second-order valence-corrected chi connectivity index (χ2v) is 8.64. The molecule has 1 heterocycles. The van der Waals surface area contributed by atoms with E-state index in [4.69, 9.17) is 0 Å². The van der Waals surface area contributed by atoms with E-state index in [1.54, 1.807) is 13.0 Å². The van der Waals surface area contributed by atoms with Gasteiger partial charge in [-0.1, -0.05) is 18.6 Å². The molecule has 0 unspecified atom stereocenters. The highest BCUT2D eigenvalue weighted by Crippen LogP contribution is 2.24. The molecule has 1 saturated heterocycles. The fraction of sp³-hybridized carbons (Fsp3) is 0.316. The molecule has 0 spiro atoms. The van der Waals surface area contributed by atoms with E-state index in [1.165, 1.54) is 40.7 Å². The van der Waals surface area contributed by atoms with Crippen LogP contribution < -0.4 is 5.32 Å². The summed E-state index contributed by atoms with van der Waals surface area (Å²) in [6, 6.07) is 10.1. The Labute approximate surface area is 163 Å². The Morgan fingerprint density at radius 2 is 1.82 bits per heavy atom. The molecule has 1 N–H and O–H groups in total. The molecule has 1 fully saturated rings. The minimum Gasteiger partial charge on any atom is -0.322 e. The highest BCUT2D eigenvalue weighted by molar-refractivity contribution is 7.89. The van der Waals surface area contributed by atoms with Gasteiger partial charge in [0, 0.05) is 36.5 Å². The van der Waals surface area contributed by atoms with Crippen molar-refractivity contribution in [1.29, 1.82) is 0 Å². The summed E-state index contributed by atoms with van der Waals surface area (Å²) in [5.41, 5.74) is 0.948. The van der Waals surface area contributed by atoms with Crippen molar-refractivity contribution in [2.24, 2.45) is 0 Å². The van der Waals surface area contributed by atoms with Gasteiger partial charge in [-0.15, -0.1) is 0 Å². The average molecular weight is 403 g/mol. The van der Waals surface area contributed by atoms with E-state index in [1.807, 2.05) is 0 Å². The van der Waals surface area contributed by atoms with E-state index in [0.717, 1.165) is 19.3 Å². The molecule has 0 radical (unpaired) electrons. The molecule has 1 aliphatic rings. The summed E-state index contributed by atoms with van der Waals surface area (Å²) < 4.78 is 27.2. The number of nitro groups is 1. The van der Waals surface area contributed by atoms with E-state index >= 15 is 0 Å². The first-order valence-corrected chi connectivity index (χ1v) is 10.4. The number of nitrogens with zero attached hydrogens (tertiary/aromatic N) is 2. The highest BCUT2D eigenvalue weighted by Gasteiger charge is 2.27. The van der Waals surface area contributed by atoms with E-state index in [9.17, 15) is 23.3 Å². The molecule has 28 heavy (non-hydrogen) atoms. The SMILES string of the molecule is Cc1ccc(S(=O)(=O)N2CCCCC2)cc1C(=O)Nc1cccc([N+](=O)[O-])c1. The van der Waals surface area contributed by atoms with E-state index in [2.05, 4.69) is 5.32 Å². The number of aryl methyl sites for hydroxylation is 1. The third kappa shape index (κ3) is 4.20. The number of nitrogens with one attached hydrogen (secondary N) is 1. The molecular formula is C19H21N3O5S. The number of sulfonamides is 1. The van der Waals surface area contributed by atoms with Crippen LogP contribution in [0.2, 0.25) is 0 Å². The van der Waals surface area contributed by atoms with E-state index in [0.29, 0.717) is 18.7 Å². The lowest BCUT2D eigenvalue weighted by molar-refractivity contribution is -0.384. The van der Waals surface area contributed by atoms with Crippen LogP contribution >= 0.6 is 0 Å². The van der Waals surface area contributed by atoms with Crippen LogP contribution in [-0.4, -0.2) is 36.6 Å². The first-order chi connectivity index (χ1) is 13.3. The molecule has 2 aromatic carbocycles. The van der Waals surface area contributed by atoms with Gasteiger partial charge in [0.2, 0.25) is 10.0 Å². The first-order valence-electron chi connectivity index (χ1n) is 8.95. The number of anilines is 1.